The van der Waals surface area contributed by atoms with Crippen LogP contribution in [0.1, 0.15) is 6.42 Å². The summed E-state index contributed by atoms with van der Waals surface area (Å²) in [5.41, 5.74) is 0.233. The van der Waals surface area contributed by atoms with E-state index in [0.717, 1.165) is 13.0 Å². The van der Waals surface area contributed by atoms with Crippen LogP contribution in [-0.4, -0.2) is 36.3 Å². The summed E-state index contributed by atoms with van der Waals surface area (Å²) < 4.78 is 5.05. The molecule has 17 heavy (non-hydrogen) atoms. The number of benzene rings is 1. The highest BCUT2D eigenvalue weighted by molar-refractivity contribution is 5.70. The summed E-state index contributed by atoms with van der Waals surface area (Å²) in [4.78, 5) is 12.3. The van der Waals surface area contributed by atoms with Crippen LogP contribution < -0.4 is 4.90 Å². The largest absolute Gasteiger partial charge is 0.502 e. The fourth-order valence-electron chi connectivity index (χ4n) is 2.06. The number of nitrogens with zero attached hydrogens (tertiary/aromatic N) is 2. The van der Waals surface area contributed by atoms with Crippen LogP contribution in [0, 0.1) is 10.1 Å². The molecular weight excluding hydrogens is 224 g/mol. The number of phenols is 1. The molecule has 6 heteroatoms. The topological polar surface area (TPSA) is 75.8 Å². The highest BCUT2D eigenvalue weighted by Crippen LogP contribution is 2.39. The van der Waals surface area contributed by atoms with Gasteiger partial charge < -0.3 is 14.7 Å². The zero-order valence-corrected chi connectivity index (χ0v) is 9.50. The SMILES string of the molecule is COCC1CCN1c1cccc(O)c1[N+](=O)[O-]. The lowest BCUT2D eigenvalue weighted by atomic mass is 10.0. The van der Waals surface area contributed by atoms with Crippen LogP contribution in [0.3, 0.4) is 0 Å². The second-order valence-electron chi connectivity index (χ2n) is 3.99. The number of anilines is 1. The first-order chi connectivity index (χ1) is 8.15. The van der Waals surface area contributed by atoms with Crippen LogP contribution in [0.15, 0.2) is 18.2 Å². The van der Waals surface area contributed by atoms with Gasteiger partial charge >= 0.3 is 5.69 Å². The van der Waals surface area contributed by atoms with Gasteiger partial charge in [-0.2, -0.15) is 0 Å². The molecule has 0 bridgehead atoms. The van der Waals surface area contributed by atoms with Crippen molar-refractivity contribution in [3.63, 3.8) is 0 Å². The standard InChI is InChI=1S/C11H14N2O4/c1-17-7-8-5-6-12(8)9-3-2-4-10(14)11(9)13(15)16/h2-4,8,14H,5-7H2,1H3. The molecule has 1 unspecified atom stereocenters. The fraction of sp³-hybridized carbons (Fsp3) is 0.455. The van der Waals surface area contributed by atoms with E-state index in [1.165, 1.54) is 6.07 Å². The average Bonchev–Trinajstić information content (AvgIpc) is 2.24. The van der Waals surface area contributed by atoms with Crippen molar-refractivity contribution < 1.29 is 14.8 Å². The maximum absolute atomic E-state index is 10.9. The molecule has 1 heterocycles. The molecule has 1 aromatic carbocycles. The molecule has 92 valence electrons. The Bertz CT molecular complexity index is 435. The Labute approximate surface area is 98.6 Å². The Morgan fingerprint density at radius 2 is 2.41 bits per heavy atom. The number of phenolic OH excluding ortho intramolecular Hbond substituents is 1. The van der Waals surface area contributed by atoms with Gasteiger partial charge in [0.1, 0.15) is 5.69 Å². The summed E-state index contributed by atoms with van der Waals surface area (Å²) in [7, 11) is 1.60. The van der Waals surface area contributed by atoms with E-state index in [0.29, 0.717) is 12.3 Å². The van der Waals surface area contributed by atoms with E-state index in [1.54, 1.807) is 19.2 Å². The number of hydrogen-bond acceptors (Lipinski definition) is 5. The molecule has 1 saturated heterocycles. The van der Waals surface area contributed by atoms with Crippen molar-refractivity contribution in [2.45, 2.75) is 12.5 Å². The Hall–Kier alpha value is -1.82. The Morgan fingerprint density at radius 3 is 2.94 bits per heavy atom. The van der Waals surface area contributed by atoms with Gasteiger partial charge in [0, 0.05) is 13.7 Å². The molecule has 1 N–H and O–H groups in total. The fourth-order valence-corrected chi connectivity index (χ4v) is 2.06. The van der Waals surface area contributed by atoms with Gasteiger partial charge in [0.2, 0.25) is 0 Å². The van der Waals surface area contributed by atoms with Crippen LogP contribution in [-0.2, 0) is 4.74 Å². The van der Waals surface area contributed by atoms with Crippen LogP contribution in [0.5, 0.6) is 5.75 Å². The summed E-state index contributed by atoms with van der Waals surface area (Å²) >= 11 is 0. The third-order valence-corrected chi connectivity index (χ3v) is 2.99. The van der Waals surface area contributed by atoms with Crippen molar-refractivity contribution in [2.75, 3.05) is 25.2 Å². The first-order valence-electron chi connectivity index (χ1n) is 5.37. The number of aromatic hydroxyl groups is 1. The lowest BCUT2D eigenvalue weighted by Gasteiger charge is -2.42. The molecule has 1 aromatic rings. The summed E-state index contributed by atoms with van der Waals surface area (Å²) in [5, 5.41) is 20.5. The molecule has 0 spiro atoms. The minimum Gasteiger partial charge on any atom is -0.502 e. The van der Waals surface area contributed by atoms with Gasteiger partial charge in [0.15, 0.2) is 5.75 Å². The smallest absolute Gasteiger partial charge is 0.333 e. The number of rotatable bonds is 4. The number of nitro groups is 1. The highest BCUT2D eigenvalue weighted by Gasteiger charge is 2.33. The normalized spacial score (nSPS) is 18.9. The number of hydrogen-bond donors (Lipinski definition) is 1. The Morgan fingerprint density at radius 1 is 1.65 bits per heavy atom. The second-order valence-corrected chi connectivity index (χ2v) is 3.99. The van der Waals surface area contributed by atoms with E-state index in [9.17, 15) is 15.2 Å². The van der Waals surface area contributed by atoms with Crippen molar-refractivity contribution in [3.8, 4) is 5.75 Å². The van der Waals surface area contributed by atoms with Gasteiger partial charge in [0.05, 0.1) is 17.6 Å². The van der Waals surface area contributed by atoms with Crippen LogP contribution in [0.4, 0.5) is 11.4 Å². The maximum atomic E-state index is 10.9. The molecule has 0 amide bonds. The van der Waals surface area contributed by atoms with Gasteiger partial charge in [-0.3, -0.25) is 10.1 Å². The molecule has 0 aliphatic carbocycles. The van der Waals surface area contributed by atoms with E-state index >= 15 is 0 Å². The molecule has 6 nitrogen and oxygen atoms in total. The minimum absolute atomic E-state index is 0.153. The second kappa shape index (κ2) is 4.58. The number of para-hydroxylation sites is 1. The van der Waals surface area contributed by atoms with Gasteiger partial charge in [0.25, 0.3) is 0 Å². The van der Waals surface area contributed by atoms with Crippen LogP contribution >= 0.6 is 0 Å². The van der Waals surface area contributed by atoms with Gasteiger partial charge in [-0.1, -0.05) is 6.07 Å². The first kappa shape index (κ1) is 11.7. The number of methoxy groups -OCH3 is 1. The van der Waals surface area contributed by atoms with E-state index in [2.05, 4.69) is 0 Å². The summed E-state index contributed by atoms with van der Waals surface area (Å²) in [5.74, 6) is -0.296. The minimum atomic E-state index is -0.549. The number of nitro benzene ring substituents is 1. The molecule has 1 fully saturated rings. The first-order valence-corrected chi connectivity index (χ1v) is 5.37. The molecule has 1 aliphatic rings. The average molecular weight is 238 g/mol. The van der Waals surface area contributed by atoms with Crippen LogP contribution in [0.25, 0.3) is 0 Å². The van der Waals surface area contributed by atoms with E-state index in [1.807, 2.05) is 4.90 Å². The van der Waals surface area contributed by atoms with E-state index < -0.39 is 4.92 Å². The predicted molar refractivity (Wildman–Crippen MR) is 62.4 cm³/mol. The van der Waals surface area contributed by atoms with E-state index in [4.69, 9.17) is 4.74 Å². The molecule has 1 aliphatic heterocycles. The lowest BCUT2D eigenvalue weighted by Crippen LogP contribution is -2.50. The zero-order chi connectivity index (χ0) is 12.4. The Kier molecular flexibility index (Phi) is 3.14. The molecule has 0 saturated carbocycles. The van der Waals surface area contributed by atoms with Crippen molar-refractivity contribution >= 4 is 11.4 Å². The summed E-state index contributed by atoms with van der Waals surface area (Å²) in [6.07, 6.45) is 0.945. The molecule has 0 radical (unpaired) electrons. The molecular formula is C11H14N2O4. The van der Waals surface area contributed by atoms with Gasteiger partial charge in [-0.25, -0.2) is 0 Å². The molecule has 0 aromatic heterocycles. The Balaban J connectivity index is 2.32. The summed E-state index contributed by atoms with van der Waals surface area (Å²) in [6.45, 7) is 1.28. The van der Waals surface area contributed by atoms with Gasteiger partial charge in [-0.15, -0.1) is 0 Å². The zero-order valence-electron chi connectivity index (χ0n) is 9.50. The van der Waals surface area contributed by atoms with Crippen molar-refractivity contribution in [1.82, 2.24) is 0 Å². The number of ether oxygens (including phenoxy) is 1. The molecule has 1 atom stereocenters. The van der Waals surface area contributed by atoms with Gasteiger partial charge in [-0.05, 0) is 18.6 Å². The molecule has 2 rings (SSSR count). The monoisotopic (exact) mass is 238 g/mol. The highest BCUT2D eigenvalue weighted by atomic mass is 16.6. The third-order valence-electron chi connectivity index (χ3n) is 2.99. The van der Waals surface area contributed by atoms with Crippen molar-refractivity contribution in [1.29, 1.82) is 0 Å². The third kappa shape index (κ3) is 2.03. The predicted octanol–water partition coefficient (Wildman–Crippen LogP) is 1.53. The van der Waals surface area contributed by atoms with Crippen molar-refractivity contribution in [2.24, 2.45) is 0 Å². The quantitative estimate of drug-likeness (QED) is 0.635. The lowest BCUT2D eigenvalue weighted by molar-refractivity contribution is -0.385. The summed E-state index contributed by atoms with van der Waals surface area (Å²) in [6, 6.07) is 4.74. The maximum Gasteiger partial charge on any atom is 0.333 e. The van der Waals surface area contributed by atoms with Crippen molar-refractivity contribution in [3.05, 3.63) is 28.3 Å². The van der Waals surface area contributed by atoms with Crippen LogP contribution in [0.2, 0.25) is 0 Å². The van der Waals surface area contributed by atoms with E-state index in [-0.39, 0.29) is 17.5 Å².